The van der Waals surface area contributed by atoms with Crippen LogP contribution in [-0.2, 0) is 0 Å². The summed E-state index contributed by atoms with van der Waals surface area (Å²) < 4.78 is 2.14. The smallest absolute Gasteiger partial charge is 0.324 e. The van der Waals surface area contributed by atoms with E-state index in [9.17, 15) is 4.79 Å². The molecule has 5 rings (SSSR count). The second-order valence-corrected chi connectivity index (χ2v) is 7.17. The number of hydrogen-bond donors (Lipinski definition) is 2. The molecule has 9 heteroatoms. The standard InChI is InChI=1S/C19H20N8O/c1-12-4-8-26(19(28)25-18-21-5-2-6-22-18)11-14(12)17-24-10-13-9-23-16-15(27(13)17)3-7-20-16/h2-3,5-7,9-10,12,14,20H,4,8,11H2,1H3,(H,21,22,25,28)/t12-,14?/m1/s1. The number of urea groups is 1. The number of piperidine rings is 1. The normalized spacial score (nSPS) is 20.0. The summed E-state index contributed by atoms with van der Waals surface area (Å²) in [5.41, 5.74) is 2.77. The van der Waals surface area contributed by atoms with Crippen molar-refractivity contribution in [3.05, 3.63) is 48.9 Å². The summed E-state index contributed by atoms with van der Waals surface area (Å²) in [6.07, 6.45) is 9.67. The van der Waals surface area contributed by atoms with Crippen molar-refractivity contribution < 1.29 is 4.79 Å². The first-order valence-electron chi connectivity index (χ1n) is 9.33. The van der Waals surface area contributed by atoms with E-state index >= 15 is 0 Å². The predicted molar refractivity (Wildman–Crippen MR) is 104 cm³/mol. The van der Waals surface area contributed by atoms with Gasteiger partial charge in [-0.05, 0) is 24.5 Å². The topological polar surface area (TPSA) is 104 Å². The number of imidazole rings is 1. The van der Waals surface area contributed by atoms with E-state index in [0.29, 0.717) is 25.0 Å². The number of carbonyl (C=O) groups excluding carboxylic acids is 1. The predicted octanol–water partition coefficient (Wildman–Crippen LogP) is 2.66. The maximum Gasteiger partial charge on any atom is 0.324 e. The van der Waals surface area contributed by atoms with Gasteiger partial charge in [0, 0.05) is 37.6 Å². The van der Waals surface area contributed by atoms with Crippen LogP contribution in [0, 0.1) is 5.92 Å². The summed E-state index contributed by atoms with van der Waals surface area (Å²) in [4.78, 5) is 35.0. The molecule has 1 unspecified atom stereocenters. The Morgan fingerprint density at radius 2 is 2.04 bits per heavy atom. The number of fused-ring (bicyclic) bond motifs is 3. The van der Waals surface area contributed by atoms with Gasteiger partial charge in [-0.25, -0.2) is 24.7 Å². The minimum atomic E-state index is -0.183. The van der Waals surface area contributed by atoms with Crippen molar-refractivity contribution in [2.24, 2.45) is 5.92 Å². The van der Waals surface area contributed by atoms with E-state index < -0.39 is 0 Å². The van der Waals surface area contributed by atoms with E-state index in [-0.39, 0.29) is 11.9 Å². The molecule has 1 fully saturated rings. The third-order valence-corrected chi connectivity index (χ3v) is 5.45. The molecule has 0 saturated carbocycles. The van der Waals surface area contributed by atoms with Gasteiger partial charge in [0.1, 0.15) is 5.82 Å². The van der Waals surface area contributed by atoms with Crippen molar-refractivity contribution in [2.75, 3.05) is 18.4 Å². The molecule has 1 saturated heterocycles. The van der Waals surface area contributed by atoms with Crippen molar-refractivity contribution >= 4 is 28.7 Å². The zero-order valence-corrected chi connectivity index (χ0v) is 15.4. The van der Waals surface area contributed by atoms with Crippen LogP contribution in [0.2, 0.25) is 0 Å². The number of anilines is 1. The van der Waals surface area contributed by atoms with Crippen LogP contribution in [0.4, 0.5) is 10.7 Å². The number of rotatable bonds is 2. The van der Waals surface area contributed by atoms with Crippen LogP contribution in [-0.4, -0.2) is 53.3 Å². The van der Waals surface area contributed by atoms with E-state index in [4.69, 9.17) is 4.98 Å². The number of likely N-dealkylation sites (tertiary alicyclic amines) is 1. The minimum absolute atomic E-state index is 0.124. The third-order valence-electron chi connectivity index (χ3n) is 5.45. The summed E-state index contributed by atoms with van der Waals surface area (Å²) in [7, 11) is 0. The fourth-order valence-electron chi connectivity index (χ4n) is 3.89. The zero-order chi connectivity index (χ0) is 19.1. The Kier molecular flexibility index (Phi) is 3.92. The fraction of sp³-hybridized carbons (Fsp3) is 0.316. The zero-order valence-electron chi connectivity index (χ0n) is 15.4. The van der Waals surface area contributed by atoms with Crippen molar-refractivity contribution in [3.8, 4) is 0 Å². The van der Waals surface area contributed by atoms with Crippen LogP contribution in [0.15, 0.2) is 43.1 Å². The van der Waals surface area contributed by atoms with E-state index in [1.165, 1.54) is 0 Å². The molecular weight excluding hydrogens is 356 g/mol. The summed E-state index contributed by atoms with van der Waals surface area (Å²) >= 11 is 0. The number of carbonyl (C=O) groups is 1. The van der Waals surface area contributed by atoms with Crippen LogP contribution in [0.1, 0.15) is 25.1 Å². The first kappa shape index (κ1) is 16.7. The van der Waals surface area contributed by atoms with Gasteiger partial charge in [0.25, 0.3) is 0 Å². The highest BCUT2D eigenvalue weighted by Gasteiger charge is 2.33. The van der Waals surface area contributed by atoms with Gasteiger partial charge in [0.05, 0.1) is 23.4 Å². The maximum atomic E-state index is 12.7. The lowest BCUT2D eigenvalue weighted by Crippen LogP contribution is -2.44. The molecule has 1 aliphatic heterocycles. The highest BCUT2D eigenvalue weighted by atomic mass is 16.2. The van der Waals surface area contributed by atoms with Gasteiger partial charge in [0.15, 0.2) is 5.65 Å². The molecule has 0 radical (unpaired) electrons. The Bertz CT molecular complexity index is 1130. The lowest BCUT2D eigenvalue weighted by atomic mass is 9.86. The molecule has 0 aromatic carbocycles. The van der Waals surface area contributed by atoms with E-state index in [0.717, 1.165) is 28.9 Å². The number of nitrogens with zero attached hydrogens (tertiary/aromatic N) is 6. The van der Waals surface area contributed by atoms with Gasteiger partial charge in [-0.2, -0.15) is 0 Å². The average molecular weight is 376 g/mol. The van der Waals surface area contributed by atoms with Gasteiger partial charge >= 0.3 is 6.03 Å². The van der Waals surface area contributed by atoms with Crippen LogP contribution < -0.4 is 5.32 Å². The SMILES string of the molecule is C[C@@H]1CCN(C(=O)Nc2ncccn2)CC1c1ncc2cnc3[nH]ccc3n12. The number of aromatic amines is 1. The second-order valence-electron chi connectivity index (χ2n) is 7.17. The molecule has 4 aromatic rings. The van der Waals surface area contributed by atoms with Crippen LogP contribution in [0.25, 0.3) is 16.7 Å². The number of nitrogens with one attached hydrogen (secondary N) is 2. The highest BCUT2D eigenvalue weighted by Crippen LogP contribution is 2.33. The average Bonchev–Trinajstić information content (AvgIpc) is 3.35. The quantitative estimate of drug-likeness (QED) is 0.560. The highest BCUT2D eigenvalue weighted by molar-refractivity contribution is 5.87. The Hall–Kier alpha value is -3.49. The molecule has 28 heavy (non-hydrogen) atoms. The summed E-state index contributed by atoms with van der Waals surface area (Å²) in [5, 5.41) is 2.78. The molecule has 2 amide bonds. The molecule has 0 aliphatic carbocycles. The van der Waals surface area contributed by atoms with Gasteiger partial charge in [-0.15, -0.1) is 0 Å². The molecular formula is C19H20N8O. The van der Waals surface area contributed by atoms with Crippen LogP contribution >= 0.6 is 0 Å². The van der Waals surface area contributed by atoms with E-state index in [2.05, 4.69) is 36.6 Å². The molecule has 0 bridgehead atoms. The number of hydrogen-bond acceptors (Lipinski definition) is 5. The van der Waals surface area contributed by atoms with Gasteiger partial charge in [-0.1, -0.05) is 6.92 Å². The van der Waals surface area contributed by atoms with Crippen LogP contribution in [0.5, 0.6) is 0 Å². The molecule has 4 aromatic heterocycles. The van der Waals surface area contributed by atoms with Gasteiger partial charge in [-0.3, -0.25) is 9.72 Å². The van der Waals surface area contributed by atoms with Crippen molar-refractivity contribution in [3.63, 3.8) is 0 Å². The second kappa shape index (κ2) is 6.59. The molecule has 142 valence electrons. The van der Waals surface area contributed by atoms with E-state index in [1.807, 2.05) is 29.6 Å². The molecule has 1 aliphatic rings. The monoisotopic (exact) mass is 376 g/mol. The molecule has 2 atom stereocenters. The Balaban J connectivity index is 1.45. The largest absolute Gasteiger partial charge is 0.345 e. The Morgan fingerprint density at radius 1 is 1.21 bits per heavy atom. The van der Waals surface area contributed by atoms with Crippen molar-refractivity contribution in [1.82, 2.24) is 34.2 Å². The summed E-state index contributed by atoms with van der Waals surface area (Å²) in [6, 6.07) is 3.54. The van der Waals surface area contributed by atoms with Crippen molar-refractivity contribution in [2.45, 2.75) is 19.3 Å². The minimum Gasteiger partial charge on any atom is -0.345 e. The fourth-order valence-corrected chi connectivity index (χ4v) is 3.89. The molecule has 5 heterocycles. The molecule has 9 nitrogen and oxygen atoms in total. The third kappa shape index (κ3) is 2.75. The maximum absolute atomic E-state index is 12.7. The molecule has 0 spiro atoms. The first-order chi connectivity index (χ1) is 13.7. The van der Waals surface area contributed by atoms with Gasteiger partial charge < -0.3 is 9.88 Å². The lowest BCUT2D eigenvalue weighted by Gasteiger charge is -2.36. The molecule has 2 N–H and O–H groups in total. The van der Waals surface area contributed by atoms with Crippen LogP contribution in [0.3, 0.4) is 0 Å². The number of amides is 2. The number of aromatic nitrogens is 6. The Morgan fingerprint density at radius 3 is 2.89 bits per heavy atom. The Labute approximate surface area is 160 Å². The van der Waals surface area contributed by atoms with Gasteiger partial charge in [0.2, 0.25) is 5.95 Å². The summed E-state index contributed by atoms with van der Waals surface area (Å²) in [5.74, 6) is 1.81. The summed E-state index contributed by atoms with van der Waals surface area (Å²) in [6.45, 7) is 3.50. The lowest BCUT2D eigenvalue weighted by molar-refractivity contribution is 0.170. The van der Waals surface area contributed by atoms with Crippen molar-refractivity contribution in [1.29, 1.82) is 0 Å². The first-order valence-corrected chi connectivity index (χ1v) is 9.33. The number of H-pyrrole nitrogens is 1. The van der Waals surface area contributed by atoms with E-state index in [1.54, 1.807) is 18.5 Å².